The van der Waals surface area contributed by atoms with Gasteiger partial charge >= 0.3 is 0 Å². The SMILES string of the molecule is Cc1cc(C)n2nc(C(=O)Nc3cccc(Cl)c3N3CCOCC3)nc2n1. The van der Waals surface area contributed by atoms with Gasteiger partial charge in [0.25, 0.3) is 11.7 Å². The number of aryl methyl sites for hydroxylation is 2. The largest absolute Gasteiger partial charge is 0.378 e. The first-order valence-electron chi connectivity index (χ1n) is 8.66. The van der Waals surface area contributed by atoms with Crippen LogP contribution in [0.4, 0.5) is 11.4 Å². The van der Waals surface area contributed by atoms with Gasteiger partial charge in [0.2, 0.25) is 5.82 Å². The Morgan fingerprint density at radius 1 is 1.22 bits per heavy atom. The summed E-state index contributed by atoms with van der Waals surface area (Å²) in [5.41, 5.74) is 3.09. The zero-order valence-corrected chi connectivity index (χ0v) is 15.8. The number of hydrogen-bond donors (Lipinski definition) is 1. The number of halogens is 1. The van der Waals surface area contributed by atoms with Crippen molar-refractivity contribution in [2.75, 3.05) is 36.5 Å². The highest BCUT2D eigenvalue weighted by atomic mass is 35.5. The van der Waals surface area contributed by atoms with E-state index in [4.69, 9.17) is 16.3 Å². The van der Waals surface area contributed by atoms with Crippen LogP contribution in [0.15, 0.2) is 24.3 Å². The number of hydrogen-bond acceptors (Lipinski definition) is 6. The molecule has 0 bridgehead atoms. The van der Waals surface area contributed by atoms with Crippen LogP contribution in [-0.4, -0.2) is 51.8 Å². The molecule has 0 unspecified atom stereocenters. The summed E-state index contributed by atoms with van der Waals surface area (Å²) in [4.78, 5) is 23.4. The molecule has 8 nitrogen and oxygen atoms in total. The van der Waals surface area contributed by atoms with Crippen LogP contribution in [0.5, 0.6) is 0 Å². The second-order valence-corrected chi connectivity index (χ2v) is 6.78. The zero-order chi connectivity index (χ0) is 19.0. The molecule has 0 radical (unpaired) electrons. The number of benzene rings is 1. The summed E-state index contributed by atoms with van der Waals surface area (Å²) >= 11 is 6.42. The van der Waals surface area contributed by atoms with Crippen molar-refractivity contribution in [2.24, 2.45) is 0 Å². The van der Waals surface area contributed by atoms with Crippen LogP contribution in [0.1, 0.15) is 22.0 Å². The van der Waals surface area contributed by atoms with Crippen molar-refractivity contribution >= 4 is 34.7 Å². The standard InChI is InChI=1S/C18H19ClN6O2/c1-11-10-12(2)25-18(20-11)22-16(23-25)17(26)21-14-5-3-4-13(19)15(14)24-6-8-27-9-7-24/h3-5,10H,6-9H2,1-2H3,(H,21,26). The number of anilines is 2. The predicted octanol–water partition coefficient (Wildman–Crippen LogP) is 2.48. The molecule has 3 heterocycles. The van der Waals surface area contributed by atoms with E-state index in [0.717, 1.165) is 17.1 Å². The highest BCUT2D eigenvalue weighted by Crippen LogP contribution is 2.34. The maximum atomic E-state index is 12.8. The third-order valence-electron chi connectivity index (χ3n) is 4.38. The fourth-order valence-electron chi connectivity index (χ4n) is 3.17. The Balaban J connectivity index is 1.65. The minimum absolute atomic E-state index is 0.0594. The van der Waals surface area contributed by atoms with E-state index >= 15 is 0 Å². The number of nitrogens with zero attached hydrogens (tertiary/aromatic N) is 5. The molecule has 9 heteroatoms. The predicted molar refractivity (Wildman–Crippen MR) is 103 cm³/mol. The molecular weight excluding hydrogens is 368 g/mol. The lowest BCUT2D eigenvalue weighted by molar-refractivity contribution is 0.101. The van der Waals surface area contributed by atoms with Crippen LogP contribution in [0, 0.1) is 13.8 Å². The number of carbonyl (C=O) groups excluding carboxylic acids is 1. The van der Waals surface area contributed by atoms with E-state index in [1.807, 2.05) is 26.0 Å². The second-order valence-electron chi connectivity index (χ2n) is 6.38. The van der Waals surface area contributed by atoms with Gasteiger partial charge in [0.05, 0.1) is 29.6 Å². The van der Waals surface area contributed by atoms with Crippen LogP contribution >= 0.6 is 11.6 Å². The van der Waals surface area contributed by atoms with Crippen LogP contribution in [0.3, 0.4) is 0 Å². The minimum atomic E-state index is -0.408. The van der Waals surface area contributed by atoms with Gasteiger partial charge in [-0.15, -0.1) is 5.10 Å². The molecule has 1 aromatic carbocycles. The summed E-state index contributed by atoms with van der Waals surface area (Å²) in [6.45, 7) is 6.44. The van der Waals surface area contributed by atoms with E-state index in [0.29, 0.717) is 42.8 Å². The number of para-hydroxylation sites is 1. The quantitative estimate of drug-likeness (QED) is 0.744. The molecule has 0 aliphatic carbocycles. The van der Waals surface area contributed by atoms with Crippen molar-refractivity contribution < 1.29 is 9.53 Å². The number of morpholine rings is 1. The number of amides is 1. The molecule has 1 aliphatic rings. The van der Waals surface area contributed by atoms with Gasteiger partial charge in [0, 0.05) is 24.5 Å². The lowest BCUT2D eigenvalue weighted by Crippen LogP contribution is -2.37. The smallest absolute Gasteiger partial charge is 0.295 e. The number of ether oxygens (including phenoxy) is 1. The van der Waals surface area contributed by atoms with Gasteiger partial charge in [0.15, 0.2) is 0 Å². The van der Waals surface area contributed by atoms with Gasteiger partial charge < -0.3 is 15.0 Å². The Morgan fingerprint density at radius 2 is 2.00 bits per heavy atom. The summed E-state index contributed by atoms with van der Waals surface area (Å²) in [7, 11) is 0. The highest BCUT2D eigenvalue weighted by molar-refractivity contribution is 6.34. The molecular formula is C18H19ClN6O2. The van der Waals surface area contributed by atoms with E-state index in [-0.39, 0.29) is 5.82 Å². The number of fused-ring (bicyclic) bond motifs is 1. The lowest BCUT2D eigenvalue weighted by atomic mass is 10.2. The normalized spacial score (nSPS) is 14.6. The summed E-state index contributed by atoms with van der Waals surface area (Å²) in [5, 5.41) is 7.74. The number of nitrogens with one attached hydrogen (secondary N) is 1. The zero-order valence-electron chi connectivity index (χ0n) is 15.1. The summed E-state index contributed by atoms with van der Waals surface area (Å²) in [5.74, 6) is 0.0515. The third kappa shape index (κ3) is 3.45. The Hall–Kier alpha value is -2.71. The van der Waals surface area contributed by atoms with Gasteiger partial charge in [0.1, 0.15) is 0 Å². The molecule has 1 amide bonds. The second kappa shape index (κ2) is 7.13. The molecule has 1 N–H and O–H groups in total. The van der Waals surface area contributed by atoms with Gasteiger partial charge in [-0.2, -0.15) is 4.98 Å². The Bertz CT molecular complexity index is 1010. The Kier molecular flexibility index (Phi) is 4.67. The average molecular weight is 387 g/mol. The van der Waals surface area contributed by atoms with E-state index in [1.54, 1.807) is 16.6 Å². The molecule has 4 rings (SSSR count). The lowest BCUT2D eigenvalue weighted by Gasteiger charge is -2.31. The maximum absolute atomic E-state index is 12.8. The summed E-state index contributed by atoms with van der Waals surface area (Å²) < 4.78 is 6.96. The number of carbonyl (C=O) groups is 1. The third-order valence-corrected chi connectivity index (χ3v) is 4.69. The van der Waals surface area contributed by atoms with Crippen LogP contribution in [0.25, 0.3) is 5.78 Å². The fraction of sp³-hybridized carbons (Fsp3) is 0.333. The monoisotopic (exact) mass is 386 g/mol. The number of rotatable bonds is 3. The van der Waals surface area contributed by atoms with Crippen molar-refractivity contribution in [1.82, 2.24) is 19.6 Å². The Morgan fingerprint density at radius 3 is 2.78 bits per heavy atom. The first kappa shape index (κ1) is 17.7. The van der Waals surface area contributed by atoms with Crippen LogP contribution < -0.4 is 10.2 Å². The molecule has 140 valence electrons. The van der Waals surface area contributed by atoms with Crippen molar-refractivity contribution in [1.29, 1.82) is 0 Å². The molecule has 1 aliphatic heterocycles. The molecule has 27 heavy (non-hydrogen) atoms. The molecule has 1 saturated heterocycles. The van der Waals surface area contributed by atoms with Crippen molar-refractivity contribution in [3.63, 3.8) is 0 Å². The van der Waals surface area contributed by atoms with E-state index < -0.39 is 5.91 Å². The molecule has 0 spiro atoms. The molecule has 0 saturated carbocycles. The molecule has 2 aromatic heterocycles. The first-order valence-corrected chi connectivity index (χ1v) is 9.04. The van der Waals surface area contributed by atoms with Crippen LogP contribution in [-0.2, 0) is 4.74 Å². The minimum Gasteiger partial charge on any atom is -0.378 e. The first-order chi connectivity index (χ1) is 13.0. The molecule has 0 atom stereocenters. The Labute approximate surface area is 161 Å². The maximum Gasteiger partial charge on any atom is 0.295 e. The summed E-state index contributed by atoms with van der Waals surface area (Å²) in [6, 6.07) is 7.31. The van der Waals surface area contributed by atoms with Gasteiger partial charge in [-0.25, -0.2) is 9.50 Å². The average Bonchev–Trinajstić information content (AvgIpc) is 3.07. The van der Waals surface area contributed by atoms with E-state index in [2.05, 4.69) is 25.3 Å². The van der Waals surface area contributed by atoms with Crippen LogP contribution in [0.2, 0.25) is 5.02 Å². The summed E-state index contributed by atoms with van der Waals surface area (Å²) in [6.07, 6.45) is 0. The molecule has 3 aromatic rings. The number of aromatic nitrogens is 4. The van der Waals surface area contributed by atoms with E-state index in [1.165, 1.54) is 0 Å². The molecule has 1 fully saturated rings. The van der Waals surface area contributed by atoms with Gasteiger partial charge in [-0.3, -0.25) is 4.79 Å². The van der Waals surface area contributed by atoms with E-state index in [9.17, 15) is 4.79 Å². The van der Waals surface area contributed by atoms with Crippen molar-refractivity contribution in [2.45, 2.75) is 13.8 Å². The van der Waals surface area contributed by atoms with Gasteiger partial charge in [-0.1, -0.05) is 17.7 Å². The van der Waals surface area contributed by atoms with Crippen molar-refractivity contribution in [3.05, 3.63) is 46.5 Å². The van der Waals surface area contributed by atoms with Crippen molar-refractivity contribution in [3.8, 4) is 0 Å². The van der Waals surface area contributed by atoms with Gasteiger partial charge in [-0.05, 0) is 32.0 Å². The highest BCUT2D eigenvalue weighted by Gasteiger charge is 2.21. The fourth-order valence-corrected chi connectivity index (χ4v) is 3.46. The topological polar surface area (TPSA) is 84.7 Å².